The molecule has 1 aliphatic rings. The lowest BCUT2D eigenvalue weighted by molar-refractivity contribution is -0.155. The maximum Gasteiger partial charge on any atom is 0.344 e. The van der Waals surface area contributed by atoms with Crippen LogP contribution in [0.25, 0.3) is 0 Å². The molecule has 1 amide bonds. The van der Waals surface area contributed by atoms with E-state index in [1.165, 1.54) is 0 Å². The number of piperidine rings is 1. The smallest absolute Gasteiger partial charge is 0.344 e. The lowest BCUT2D eigenvalue weighted by Gasteiger charge is -2.30. The molecule has 1 saturated heterocycles. The number of likely N-dealkylation sites (tertiary alicyclic amines) is 1. The van der Waals surface area contributed by atoms with Gasteiger partial charge in [0.05, 0.1) is 12.5 Å². The predicted octanol–water partition coefficient (Wildman–Crippen LogP) is 1.72. The van der Waals surface area contributed by atoms with E-state index in [0.29, 0.717) is 38.3 Å². The van der Waals surface area contributed by atoms with Crippen LogP contribution in [0.4, 0.5) is 0 Å². The van der Waals surface area contributed by atoms with Crippen molar-refractivity contribution in [1.29, 1.82) is 0 Å². The molecule has 1 aliphatic heterocycles. The van der Waals surface area contributed by atoms with Crippen molar-refractivity contribution in [3.05, 3.63) is 29.8 Å². The van der Waals surface area contributed by atoms with Gasteiger partial charge in [-0.3, -0.25) is 9.59 Å². The number of nitrogens with zero attached hydrogens (tertiary/aromatic N) is 1. The molecule has 142 valence electrons. The molecule has 0 radical (unpaired) electrons. The Kier molecular flexibility index (Phi) is 7.44. The monoisotopic (exact) mass is 363 g/mol. The van der Waals surface area contributed by atoms with E-state index in [9.17, 15) is 14.4 Å². The third-order valence-electron chi connectivity index (χ3n) is 4.26. The van der Waals surface area contributed by atoms with Gasteiger partial charge in [0.25, 0.3) is 5.91 Å². The fourth-order valence-corrected chi connectivity index (χ4v) is 2.75. The fraction of sp³-hybridized carbons (Fsp3) is 0.526. The summed E-state index contributed by atoms with van der Waals surface area (Å²) in [7, 11) is 0. The molecular formula is C19H25NO6. The minimum absolute atomic E-state index is 0.163. The molecule has 0 spiro atoms. The Labute approximate surface area is 153 Å². The van der Waals surface area contributed by atoms with Gasteiger partial charge in [0.15, 0.2) is 13.2 Å². The molecule has 0 N–H and O–H groups in total. The van der Waals surface area contributed by atoms with E-state index >= 15 is 0 Å². The Bertz CT molecular complexity index is 637. The molecule has 2 rings (SSSR count). The fourth-order valence-electron chi connectivity index (χ4n) is 2.75. The SMILES string of the molecule is CCOC(=O)C1CCN(C(=O)COC(=O)COc2ccccc2C)CC1. The molecule has 0 aromatic heterocycles. The van der Waals surface area contributed by atoms with Crippen molar-refractivity contribution in [2.45, 2.75) is 26.7 Å². The minimum atomic E-state index is -0.594. The number of carbonyl (C=O) groups excluding carboxylic acids is 3. The van der Waals surface area contributed by atoms with Crippen LogP contribution < -0.4 is 4.74 Å². The molecule has 1 heterocycles. The number of hydrogen-bond acceptors (Lipinski definition) is 6. The van der Waals surface area contributed by atoms with E-state index < -0.39 is 5.97 Å². The third kappa shape index (κ3) is 5.75. The van der Waals surface area contributed by atoms with Gasteiger partial charge in [-0.25, -0.2) is 4.79 Å². The van der Waals surface area contributed by atoms with Crippen LogP contribution in [-0.2, 0) is 23.9 Å². The zero-order valence-corrected chi connectivity index (χ0v) is 15.2. The second-order valence-electron chi connectivity index (χ2n) is 6.12. The van der Waals surface area contributed by atoms with Gasteiger partial charge in [-0.1, -0.05) is 18.2 Å². The number of ether oxygens (including phenoxy) is 3. The predicted molar refractivity (Wildman–Crippen MR) is 93.6 cm³/mol. The second-order valence-corrected chi connectivity index (χ2v) is 6.12. The summed E-state index contributed by atoms with van der Waals surface area (Å²) in [6, 6.07) is 7.34. The standard InChI is InChI=1S/C19H25NO6/c1-3-24-19(23)15-8-10-20(11-9-15)17(21)12-26-18(22)13-25-16-7-5-4-6-14(16)2/h4-7,15H,3,8-13H2,1-2H3. The average Bonchev–Trinajstić information content (AvgIpc) is 2.65. The van der Waals surface area contributed by atoms with Crippen molar-refractivity contribution in [3.8, 4) is 5.75 Å². The van der Waals surface area contributed by atoms with Gasteiger partial charge < -0.3 is 19.1 Å². The molecule has 0 aliphatic carbocycles. The molecule has 1 aromatic rings. The summed E-state index contributed by atoms with van der Waals surface area (Å²) in [6.45, 7) is 4.36. The summed E-state index contributed by atoms with van der Waals surface area (Å²) in [5, 5.41) is 0. The van der Waals surface area contributed by atoms with Gasteiger partial charge in [-0.05, 0) is 38.3 Å². The summed E-state index contributed by atoms with van der Waals surface area (Å²) in [6.07, 6.45) is 1.13. The maximum absolute atomic E-state index is 12.1. The normalized spacial score (nSPS) is 14.6. The summed E-state index contributed by atoms with van der Waals surface area (Å²) in [5.41, 5.74) is 0.917. The van der Waals surface area contributed by atoms with E-state index in [1.54, 1.807) is 17.9 Å². The second kappa shape index (κ2) is 9.79. The van der Waals surface area contributed by atoms with Crippen LogP contribution >= 0.6 is 0 Å². The average molecular weight is 363 g/mol. The maximum atomic E-state index is 12.1. The Balaban J connectivity index is 1.68. The van der Waals surface area contributed by atoms with Crippen LogP contribution in [-0.4, -0.2) is 55.7 Å². The van der Waals surface area contributed by atoms with Crippen LogP contribution in [0.3, 0.4) is 0 Å². The first-order valence-corrected chi connectivity index (χ1v) is 8.79. The first-order chi connectivity index (χ1) is 12.5. The Morgan fingerprint density at radius 3 is 2.42 bits per heavy atom. The molecule has 0 atom stereocenters. The third-order valence-corrected chi connectivity index (χ3v) is 4.26. The molecule has 1 fully saturated rings. The summed E-state index contributed by atoms with van der Waals surface area (Å²) < 4.78 is 15.4. The van der Waals surface area contributed by atoms with Crippen LogP contribution in [0.15, 0.2) is 24.3 Å². The summed E-state index contributed by atoms with van der Waals surface area (Å²) in [5.74, 6) is -0.625. The van der Waals surface area contributed by atoms with E-state index in [4.69, 9.17) is 14.2 Å². The zero-order chi connectivity index (χ0) is 18.9. The lowest BCUT2D eigenvalue weighted by atomic mass is 9.97. The zero-order valence-electron chi connectivity index (χ0n) is 15.2. The van der Waals surface area contributed by atoms with Crippen molar-refractivity contribution in [2.75, 3.05) is 32.9 Å². The van der Waals surface area contributed by atoms with Crippen molar-refractivity contribution in [1.82, 2.24) is 4.90 Å². The van der Waals surface area contributed by atoms with E-state index in [-0.39, 0.29) is 31.0 Å². The number of hydrogen-bond donors (Lipinski definition) is 0. The molecule has 1 aromatic carbocycles. The van der Waals surface area contributed by atoms with E-state index in [2.05, 4.69) is 0 Å². The first kappa shape index (κ1) is 19.8. The number of aryl methyl sites for hydroxylation is 1. The van der Waals surface area contributed by atoms with Crippen molar-refractivity contribution >= 4 is 17.8 Å². The van der Waals surface area contributed by atoms with Gasteiger partial charge in [0, 0.05) is 13.1 Å². The Morgan fingerprint density at radius 2 is 1.77 bits per heavy atom. The van der Waals surface area contributed by atoms with Crippen LogP contribution in [0.2, 0.25) is 0 Å². The van der Waals surface area contributed by atoms with Gasteiger partial charge in [-0.2, -0.15) is 0 Å². The number of para-hydroxylation sites is 1. The highest BCUT2D eigenvalue weighted by Crippen LogP contribution is 2.19. The quantitative estimate of drug-likeness (QED) is 0.686. The van der Waals surface area contributed by atoms with E-state index in [1.807, 2.05) is 25.1 Å². The number of amides is 1. The largest absolute Gasteiger partial charge is 0.482 e. The minimum Gasteiger partial charge on any atom is -0.482 e. The van der Waals surface area contributed by atoms with E-state index in [0.717, 1.165) is 5.56 Å². The summed E-state index contributed by atoms with van der Waals surface area (Å²) in [4.78, 5) is 37.2. The molecule has 0 bridgehead atoms. The highest BCUT2D eigenvalue weighted by molar-refractivity contribution is 5.81. The van der Waals surface area contributed by atoms with Crippen molar-refractivity contribution in [3.63, 3.8) is 0 Å². The van der Waals surface area contributed by atoms with Gasteiger partial charge in [-0.15, -0.1) is 0 Å². The number of benzene rings is 1. The molecular weight excluding hydrogens is 338 g/mol. The molecule has 0 saturated carbocycles. The van der Waals surface area contributed by atoms with Crippen LogP contribution in [0.1, 0.15) is 25.3 Å². The van der Waals surface area contributed by atoms with Crippen LogP contribution in [0, 0.1) is 12.8 Å². The van der Waals surface area contributed by atoms with Gasteiger partial charge in [0.1, 0.15) is 5.75 Å². The molecule has 7 nitrogen and oxygen atoms in total. The highest BCUT2D eigenvalue weighted by atomic mass is 16.6. The topological polar surface area (TPSA) is 82.1 Å². The lowest BCUT2D eigenvalue weighted by Crippen LogP contribution is -2.42. The van der Waals surface area contributed by atoms with Gasteiger partial charge in [0.2, 0.25) is 0 Å². The first-order valence-electron chi connectivity index (χ1n) is 8.79. The Hall–Kier alpha value is -2.57. The van der Waals surface area contributed by atoms with Gasteiger partial charge >= 0.3 is 11.9 Å². The molecule has 7 heteroatoms. The number of rotatable bonds is 7. The molecule has 0 unspecified atom stereocenters. The summed E-state index contributed by atoms with van der Waals surface area (Å²) >= 11 is 0. The number of carbonyl (C=O) groups is 3. The highest BCUT2D eigenvalue weighted by Gasteiger charge is 2.28. The Morgan fingerprint density at radius 1 is 1.08 bits per heavy atom. The van der Waals surface area contributed by atoms with Crippen molar-refractivity contribution in [2.24, 2.45) is 5.92 Å². The van der Waals surface area contributed by atoms with Crippen molar-refractivity contribution < 1.29 is 28.6 Å². The number of esters is 2. The molecule has 26 heavy (non-hydrogen) atoms. The van der Waals surface area contributed by atoms with Crippen LogP contribution in [0.5, 0.6) is 5.75 Å².